The fourth-order valence-corrected chi connectivity index (χ4v) is 4.69. The molecule has 0 aliphatic carbocycles. The molecule has 8 nitrogen and oxygen atoms in total. The fourth-order valence-electron chi connectivity index (χ4n) is 3.44. The molecule has 3 heterocycles. The van der Waals surface area contributed by atoms with Gasteiger partial charge in [-0.05, 0) is 60.7 Å². The number of carbonyl (C=O) groups excluding carboxylic acids is 2. The third-order valence-electron chi connectivity index (χ3n) is 4.98. The Kier molecular flexibility index (Phi) is 5.61. The van der Waals surface area contributed by atoms with E-state index in [2.05, 4.69) is 4.98 Å². The van der Waals surface area contributed by atoms with Gasteiger partial charge in [0.2, 0.25) is 10.0 Å². The molecule has 4 rings (SSSR count). The Balaban J connectivity index is 1.43. The molecule has 0 unspecified atom stereocenters. The standard InChI is InChI=1S/C21H19N3O5S2/c1-13-16(5-6-17(23-13)19-3-2-10-30-19)21(26)29-12-20(25)24-9-8-14-11-15(31(22,27)28)4-7-18(14)24/h2-7,10-11H,8-9,12H2,1H3,(H2,22,27,28). The number of thiophene rings is 1. The average Bonchev–Trinajstić information content (AvgIpc) is 3.40. The Hall–Kier alpha value is -3.08. The number of aromatic nitrogens is 1. The van der Waals surface area contributed by atoms with Crippen LogP contribution in [0.25, 0.3) is 10.6 Å². The number of benzene rings is 1. The number of rotatable bonds is 5. The van der Waals surface area contributed by atoms with Crippen LogP contribution in [0.4, 0.5) is 5.69 Å². The zero-order valence-electron chi connectivity index (χ0n) is 16.6. The highest BCUT2D eigenvalue weighted by Crippen LogP contribution is 2.30. The number of nitrogens with zero attached hydrogens (tertiary/aromatic N) is 2. The van der Waals surface area contributed by atoms with Crippen LogP contribution < -0.4 is 10.0 Å². The largest absolute Gasteiger partial charge is 0.452 e. The summed E-state index contributed by atoms with van der Waals surface area (Å²) in [5.74, 6) is -1.02. The topological polar surface area (TPSA) is 120 Å². The van der Waals surface area contributed by atoms with Gasteiger partial charge in [0.05, 0.1) is 26.7 Å². The predicted molar refractivity (Wildman–Crippen MR) is 116 cm³/mol. The van der Waals surface area contributed by atoms with Gasteiger partial charge in [0.25, 0.3) is 5.91 Å². The maximum absolute atomic E-state index is 12.6. The zero-order valence-corrected chi connectivity index (χ0v) is 18.2. The Morgan fingerprint density at radius 3 is 2.71 bits per heavy atom. The summed E-state index contributed by atoms with van der Waals surface area (Å²) in [5, 5.41) is 7.11. The number of carbonyl (C=O) groups is 2. The Labute approximate surface area is 183 Å². The molecule has 0 spiro atoms. The summed E-state index contributed by atoms with van der Waals surface area (Å²) in [6.07, 6.45) is 0.492. The van der Waals surface area contributed by atoms with Crippen LogP contribution in [0.5, 0.6) is 0 Å². The number of esters is 1. The lowest BCUT2D eigenvalue weighted by molar-refractivity contribution is -0.121. The molecule has 160 valence electrons. The molecule has 0 atom stereocenters. The molecule has 1 aliphatic rings. The first-order valence-electron chi connectivity index (χ1n) is 9.39. The van der Waals surface area contributed by atoms with Gasteiger partial charge in [-0.1, -0.05) is 6.07 Å². The van der Waals surface area contributed by atoms with Crippen LogP contribution in [0, 0.1) is 6.92 Å². The second-order valence-electron chi connectivity index (χ2n) is 7.01. The maximum atomic E-state index is 12.6. The van der Waals surface area contributed by atoms with Crippen molar-refractivity contribution in [3.05, 3.63) is 64.7 Å². The summed E-state index contributed by atoms with van der Waals surface area (Å²) in [6, 6.07) is 11.6. The maximum Gasteiger partial charge on any atom is 0.340 e. The van der Waals surface area contributed by atoms with E-state index < -0.39 is 28.5 Å². The Morgan fingerprint density at radius 2 is 2.03 bits per heavy atom. The second kappa shape index (κ2) is 8.22. The first-order chi connectivity index (χ1) is 14.7. The van der Waals surface area contributed by atoms with E-state index in [0.29, 0.717) is 35.5 Å². The summed E-state index contributed by atoms with van der Waals surface area (Å²) in [5.41, 5.74) is 2.88. The van der Waals surface area contributed by atoms with E-state index >= 15 is 0 Å². The van der Waals surface area contributed by atoms with E-state index in [1.54, 1.807) is 36.5 Å². The van der Waals surface area contributed by atoms with E-state index in [-0.39, 0.29) is 4.90 Å². The fraction of sp³-hybridized carbons (Fsp3) is 0.190. The lowest BCUT2D eigenvalue weighted by atomic mass is 10.1. The van der Waals surface area contributed by atoms with E-state index in [1.165, 1.54) is 17.0 Å². The molecule has 1 amide bonds. The predicted octanol–water partition coefficient (Wildman–Crippen LogP) is 2.51. The summed E-state index contributed by atoms with van der Waals surface area (Å²) in [4.78, 5) is 32.0. The average molecular weight is 458 g/mol. The summed E-state index contributed by atoms with van der Waals surface area (Å²) in [7, 11) is -3.81. The van der Waals surface area contributed by atoms with Crippen molar-refractivity contribution in [3.63, 3.8) is 0 Å². The molecular formula is C21H19N3O5S2. The molecule has 0 saturated heterocycles. The third-order valence-corrected chi connectivity index (χ3v) is 6.79. The zero-order chi connectivity index (χ0) is 22.2. The third kappa shape index (κ3) is 4.36. The number of pyridine rings is 1. The van der Waals surface area contributed by atoms with Crippen LogP contribution in [0.3, 0.4) is 0 Å². The molecule has 31 heavy (non-hydrogen) atoms. The molecule has 0 bridgehead atoms. The van der Waals surface area contributed by atoms with Gasteiger partial charge in [0, 0.05) is 12.2 Å². The summed E-state index contributed by atoms with van der Waals surface area (Å²) < 4.78 is 28.2. The minimum atomic E-state index is -3.81. The van der Waals surface area contributed by atoms with Gasteiger partial charge in [-0.2, -0.15) is 0 Å². The number of hydrogen-bond acceptors (Lipinski definition) is 7. The second-order valence-corrected chi connectivity index (χ2v) is 9.52. The van der Waals surface area contributed by atoms with Crippen molar-refractivity contribution in [2.75, 3.05) is 18.1 Å². The number of fused-ring (bicyclic) bond motifs is 1. The van der Waals surface area contributed by atoms with Crippen molar-refractivity contribution in [2.24, 2.45) is 5.14 Å². The lowest BCUT2D eigenvalue weighted by Crippen LogP contribution is -2.33. The first-order valence-corrected chi connectivity index (χ1v) is 11.8. The summed E-state index contributed by atoms with van der Waals surface area (Å²) >= 11 is 1.55. The molecule has 0 radical (unpaired) electrons. The quantitative estimate of drug-likeness (QED) is 0.588. The van der Waals surface area contributed by atoms with Gasteiger partial charge in [-0.25, -0.2) is 18.4 Å². The SMILES string of the molecule is Cc1nc(-c2cccs2)ccc1C(=O)OCC(=O)N1CCc2cc(S(N)(=O)=O)ccc21. The Morgan fingerprint density at radius 1 is 1.23 bits per heavy atom. The molecular weight excluding hydrogens is 438 g/mol. The lowest BCUT2D eigenvalue weighted by Gasteiger charge is -2.17. The van der Waals surface area contributed by atoms with E-state index in [4.69, 9.17) is 9.88 Å². The number of sulfonamides is 1. The minimum Gasteiger partial charge on any atom is -0.452 e. The van der Waals surface area contributed by atoms with Crippen molar-refractivity contribution < 1.29 is 22.7 Å². The van der Waals surface area contributed by atoms with Crippen LogP contribution in [0.2, 0.25) is 0 Å². The number of amides is 1. The van der Waals surface area contributed by atoms with Crippen molar-refractivity contribution >= 4 is 38.9 Å². The van der Waals surface area contributed by atoms with Crippen LogP contribution in [0.1, 0.15) is 21.6 Å². The molecule has 10 heteroatoms. The van der Waals surface area contributed by atoms with Gasteiger partial charge in [-0.3, -0.25) is 9.78 Å². The Bertz CT molecular complexity index is 1270. The van der Waals surface area contributed by atoms with Gasteiger partial charge >= 0.3 is 5.97 Å². The number of ether oxygens (including phenoxy) is 1. The van der Waals surface area contributed by atoms with Crippen LogP contribution in [0.15, 0.2) is 52.7 Å². The van der Waals surface area contributed by atoms with Gasteiger partial charge in [-0.15, -0.1) is 11.3 Å². The molecule has 0 fully saturated rings. The van der Waals surface area contributed by atoms with Gasteiger partial charge < -0.3 is 9.64 Å². The molecule has 2 N–H and O–H groups in total. The monoisotopic (exact) mass is 457 g/mol. The number of anilines is 1. The normalized spacial score (nSPS) is 13.2. The van der Waals surface area contributed by atoms with Gasteiger partial charge in [0.15, 0.2) is 6.61 Å². The molecule has 0 saturated carbocycles. The highest BCUT2D eigenvalue weighted by Gasteiger charge is 2.27. The van der Waals surface area contributed by atoms with Crippen molar-refractivity contribution in [1.29, 1.82) is 0 Å². The van der Waals surface area contributed by atoms with Gasteiger partial charge in [0.1, 0.15) is 0 Å². The molecule has 2 aromatic heterocycles. The van der Waals surface area contributed by atoms with Crippen LogP contribution >= 0.6 is 11.3 Å². The van der Waals surface area contributed by atoms with Crippen molar-refractivity contribution in [1.82, 2.24) is 4.98 Å². The highest BCUT2D eigenvalue weighted by atomic mass is 32.2. The molecule has 1 aliphatic heterocycles. The van der Waals surface area contributed by atoms with Crippen LogP contribution in [-0.2, 0) is 26.0 Å². The highest BCUT2D eigenvalue weighted by molar-refractivity contribution is 7.89. The van der Waals surface area contributed by atoms with E-state index in [0.717, 1.165) is 10.6 Å². The van der Waals surface area contributed by atoms with Crippen molar-refractivity contribution in [3.8, 4) is 10.6 Å². The van der Waals surface area contributed by atoms with E-state index in [9.17, 15) is 18.0 Å². The van der Waals surface area contributed by atoms with Crippen LogP contribution in [-0.4, -0.2) is 38.4 Å². The first kappa shape index (κ1) is 21.2. The molecule has 3 aromatic rings. The minimum absolute atomic E-state index is 0.000877. The number of hydrogen-bond donors (Lipinski definition) is 1. The summed E-state index contributed by atoms with van der Waals surface area (Å²) in [6.45, 7) is 1.66. The molecule has 1 aromatic carbocycles. The number of aryl methyl sites for hydroxylation is 1. The smallest absolute Gasteiger partial charge is 0.340 e. The number of primary sulfonamides is 1. The number of nitrogens with two attached hydrogens (primary N) is 1. The van der Waals surface area contributed by atoms with Crippen molar-refractivity contribution in [2.45, 2.75) is 18.2 Å². The van der Waals surface area contributed by atoms with E-state index in [1.807, 2.05) is 17.5 Å².